The SMILES string of the molecule is CCCCCCCCCCCCCCCCOS(=O)Nc1cc(CC)ccc1OC.CCSC.CCc1ccc(OC)c([N+](=O)[O-])c1.COc1ccc2c(c1)CCCC2C. The van der Waals surface area contributed by atoms with Gasteiger partial charge in [-0.25, -0.2) is 4.21 Å². The zero-order valence-corrected chi connectivity index (χ0v) is 40.4. The number of unbranched alkanes of at least 4 members (excludes halogenated alkanes) is 13. The van der Waals surface area contributed by atoms with Crippen LogP contribution in [0, 0.1) is 10.1 Å². The van der Waals surface area contributed by atoms with Crippen molar-refractivity contribution in [3.05, 3.63) is 87.0 Å². The smallest absolute Gasteiger partial charge is 0.311 e. The van der Waals surface area contributed by atoms with E-state index < -0.39 is 16.2 Å². The van der Waals surface area contributed by atoms with Gasteiger partial charge in [-0.05, 0) is 109 Å². The molecule has 1 aliphatic carbocycles. The highest BCUT2D eigenvalue weighted by molar-refractivity contribution is 7.98. The number of nitro benzene ring substituents is 1. The molecule has 0 heterocycles. The molecule has 1 N–H and O–H groups in total. The molecule has 0 bridgehead atoms. The summed E-state index contributed by atoms with van der Waals surface area (Å²) in [6.45, 7) is 11.3. The number of nitro groups is 1. The van der Waals surface area contributed by atoms with Gasteiger partial charge in [-0.15, -0.1) is 0 Å². The topological polar surface area (TPSA) is 109 Å². The van der Waals surface area contributed by atoms with Crippen LogP contribution >= 0.6 is 11.8 Å². The van der Waals surface area contributed by atoms with Gasteiger partial charge in [0.2, 0.25) is 0 Å². The molecular weight excluding hydrogens is 793 g/mol. The third kappa shape index (κ3) is 23.6. The predicted molar refractivity (Wildman–Crippen MR) is 258 cm³/mol. The Labute approximate surface area is 371 Å². The molecule has 0 amide bonds. The van der Waals surface area contributed by atoms with E-state index in [0.717, 1.165) is 48.6 Å². The number of nitrogens with zero attached hydrogens (tertiary/aromatic N) is 1. The lowest BCUT2D eigenvalue weighted by atomic mass is 9.84. The summed E-state index contributed by atoms with van der Waals surface area (Å²) in [5, 5.41) is 10.6. The molecule has 2 atom stereocenters. The minimum atomic E-state index is -1.54. The Morgan fingerprint density at radius 1 is 0.733 bits per heavy atom. The minimum Gasteiger partial charge on any atom is -0.497 e. The van der Waals surface area contributed by atoms with E-state index in [9.17, 15) is 14.3 Å². The van der Waals surface area contributed by atoms with Crippen molar-refractivity contribution in [2.24, 2.45) is 0 Å². The Morgan fingerprint density at radius 3 is 1.77 bits per heavy atom. The van der Waals surface area contributed by atoms with Crippen molar-refractivity contribution < 1.29 is 27.5 Å². The number of methoxy groups -OCH3 is 3. The molecule has 0 spiro atoms. The first kappa shape index (κ1) is 54.7. The summed E-state index contributed by atoms with van der Waals surface area (Å²) in [5.41, 5.74) is 5.86. The highest BCUT2D eigenvalue weighted by Crippen LogP contribution is 2.33. The normalized spacial score (nSPS) is 13.2. The fourth-order valence-corrected chi connectivity index (χ4v) is 7.53. The summed E-state index contributed by atoms with van der Waals surface area (Å²) in [4.78, 5) is 10.1. The number of hydrogen-bond acceptors (Lipinski definition) is 8. The van der Waals surface area contributed by atoms with Gasteiger partial charge in [0.15, 0.2) is 5.75 Å². The fraction of sp³-hybridized carbons (Fsp3) is 0.633. The second-order valence-electron chi connectivity index (χ2n) is 15.2. The van der Waals surface area contributed by atoms with E-state index in [1.807, 2.05) is 43.0 Å². The average molecular weight is 873 g/mol. The van der Waals surface area contributed by atoms with Gasteiger partial charge < -0.3 is 14.2 Å². The monoisotopic (exact) mass is 873 g/mol. The summed E-state index contributed by atoms with van der Waals surface area (Å²) < 4.78 is 35.9. The highest BCUT2D eigenvalue weighted by atomic mass is 32.2. The third-order valence-electron chi connectivity index (χ3n) is 10.7. The average Bonchev–Trinajstić information content (AvgIpc) is 3.27. The molecule has 0 saturated heterocycles. The summed E-state index contributed by atoms with van der Waals surface area (Å²) in [6.07, 6.45) is 26.3. The lowest BCUT2D eigenvalue weighted by Gasteiger charge is -2.22. The molecule has 1 aliphatic rings. The molecule has 0 saturated carbocycles. The summed E-state index contributed by atoms with van der Waals surface area (Å²) in [7, 11) is 4.77. The second kappa shape index (κ2) is 35.3. The largest absolute Gasteiger partial charge is 0.497 e. The summed E-state index contributed by atoms with van der Waals surface area (Å²) >= 11 is 0.317. The van der Waals surface area contributed by atoms with Gasteiger partial charge in [0, 0.05) is 6.07 Å². The molecule has 11 heteroatoms. The number of thioether (sulfide) groups is 1. The molecule has 2 unspecified atom stereocenters. The zero-order valence-electron chi connectivity index (χ0n) is 38.7. The van der Waals surface area contributed by atoms with Gasteiger partial charge in [-0.1, -0.05) is 136 Å². The molecule has 0 fully saturated rings. The Hall–Kier alpha value is -3.28. The number of nitrogens with one attached hydrogen (secondary N) is 1. The number of rotatable bonds is 25. The molecule has 0 aliphatic heterocycles. The maximum absolute atomic E-state index is 12.1. The van der Waals surface area contributed by atoms with Crippen molar-refractivity contribution in [2.45, 2.75) is 163 Å². The number of benzene rings is 3. The molecule has 60 heavy (non-hydrogen) atoms. The number of fused-ring (bicyclic) bond motifs is 1. The molecule has 3 aromatic rings. The number of aryl methyl sites for hydroxylation is 3. The van der Waals surface area contributed by atoms with Gasteiger partial charge in [0.1, 0.15) is 11.5 Å². The van der Waals surface area contributed by atoms with Crippen molar-refractivity contribution in [3.63, 3.8) is 0 Å². The van der Waals surface area contributed by atoms with Crippen LogP contribution in [0.3, 0.4) is 0 Å². The number of hydrogen-bond donors (Lipinski definition) is 1. The van der Waals surface area contributed by atoms with E-state index in [2.05, 4.69) is 56.9 Å². The van der Waals surface area contributed by atoms with Crippen LogP contribution in [0.4, 0.5) is 11.4 Å². The van der Waals surface area contributed by atoms with Gasteiger partial charge in [0.05, 0.1) is 38.5 Å². The van der Waals surface area contributed by atoms with E-state index in [1.165, 1.54) is 126 Å². The van der Waals surface area contributed by atoms with Crippen LogP contribution in [0.15, 0.2) is 54.6 Å². The van der Waals surface area contributed by atoms with Gasteiger partial charge >= 0.3 is 5.69 Å². The van der Waals surface area contributed by atoms with Crippen LogP contribution in [0.2, 0.25) is 0 Å². The van der Waals surface area contributed by atoms with Crippen molar-refractivity contribution >= 4 is 34.4 Å². The van der Waals surface area contributed by atoms with Crippen LogP contribution in [-0.4, -0.2) is 49.1 Å². The number of anilines is 1. The molecule has 0 radical (unpaired) electrons. The molecule has 340 valence electrons. The highest BCUT2D eigenvalue weighted by Gasteiger charge is 2.16. The fourth-order valence-electron chi connectivity index (χ4n) is 6.86. The van der Waals surface area contributed by atoms with Crippen LogP contribution in [0.1, 0.15) is 166 Å². The molecule has 3 aromatic carbocycles. The van der Waals surface area contributed by atoms with Gasteiger partial charge in [-0.2, -0.15) is 11.8 Å². The second-order valence-corrected chi connectivity index (χ2v) is 17.3. The molecule has 0 aromatic heterocycles. The zero-order chi connectivity index (χ0) is 44.4. The van der Waals surface area contributed by atoms with Gasteiger partial charge in [0.25, 0.3) is 11.3 Å². The van der Waals surface area contributed by atoms with Crippen LogP contribution in [-0.2, 0) is 34.7 Å². The van der Waals surface area contributed by atoms with Crippen LogP contribution < -0.4 is 18.9 Å². The predicted octanol–water partition coefficient (Wildman–Crippen LogP) is 14.4. The van der Waals surface area contributed by atoms with Crippen molar-refractivity contribution in [1.29, 1.82) is 0 Å². The van der Waals surface area contributed by atoms with Crippen molar-refractivity contribution in [3.8, 4) is 17.2 Å². The first-order chi connectivity index (χ1) is 29.1. The maximum Gasteiger partial charge on any atom is 0.311 e. The Kier molecular flexibility index (Phi) is 32.2. The Balaban J connectivity index is 0.000000488. The van der Waals surface area contributed by atoms with E-state index in [1.54, 1.807) is 26.4 Å². The first-order valence-electron chi connectivity index (χ1n) is 22.6. The van der Waals surface area contributed by atoms with Crippen LogP contribution in [0.25, 0.3) is 0 Å². The Bertz CT molecular complexity index is 1590. The van der Waals surface area contributed by atoms with Gasteiger partial charge in [-0.3, -0.25) is 19.0 Å². The summed E-state index contributed by atoms with van der Waals surface area (Å²) in [6, 6.07) is 17.3. The molecule has 9 nitrogen and oxygen atoms in total. The van der Waals surface area contributed by atoms with Crippen molar-refractivity contribution in [2.75, 3.05) is 44.7 Å². The maximum atomic E-state index is 12.1. The van der Waals surface area contributed by atoms with E-state index in [-0.39, 0.29) is 5.69 Å². The standard InChI is InChI=1S/C25H45NO3S.C12H16O.C9H11NO3.C3H8S/c1-4-6-7-8-9-10-11-12-13-14-15-16-17-18-21-29-30(27)26-24-22-23(5-2)19-20-25(24)28-3;1-9-4-3-5-10-8-11(13-2)6-7-12(9)10;1-3-7-4-5-9(13-2)8(6-7)10(11)12;1-3-4-2/h19-20,22,26H,4-18,21H2,1-3H3;6-9H,3-5H2,1-2H3;4-6H,3H2,1-2H3;3H2,1-2H3. The van der Waals surface area contributed by atoms with E-state index in [0.29, 0.717) is 18.1 Å². The van der Waals surface area contributed by atoms with E-state index >= 15 is 0 Å². The first-order valence-corrected chi connectivity index (χ1v) is 25.0. The summed E-state index contributed by atoms with van der Waals surface area (Å²) in [5.74, 6) is 3.95. The molecule has 4 rings (SSSR count). The number of ether oxygens (including phenoxy) is 3. The third-order valence-corrected chi connectivity index (χ3v) is 12.0. The van der Waals surface area contributed by atoms with Crippen molar-refractivity contribution in [1.82, 2.24) is 0 Å². The Morgan fingerprint density at radius 2 is 1.27 bits per heavy atom. The van der Waals surface area contributed by atoms with Crippen LogP contribution in [0.5, 0.6) is 17.2 Å². The minimum absolute atomic E-state index is 0.0295. The lowest BCUT2D eigenvalue weighted by molar-refractivity contribution is -0.385. The quantitative estimate of drug-likeness (QED) is 0.0509. The van der Waals surface area contributed by atoms with E-state index in [4.69, 9.17) is 18.4 Å². The molecular formula is C49H80N2O7S2. The lowest BCUT2D eigenvalue weighted by Crippen LogP contribution is -2.10.